The molecule has 25 heavy (non-hydrogen) atoms. The maximum atomic E-state index is 12.1. The maximum Gasteiger partial charge on any atom is 0.337 e. The van der Waals surface area contributed by atoms with Crippen LogP contribution in [-0.2, 0) is 20.8 Å². The van der Waals surface area contributed by atoms with Gasteiger partial charge in [0.2, 0.25) is 0 Å². The van der Waals surface area contributed by atoms with Gasteiger partial charge in [-0.25, -0.2) is 4.79 Å². The minimum atomic E-state index is -0.755. The molecule has 0 saturated carbocycles. The highest BCUT2D eigenvalue weighted by atomic mass is 16.7. The Morgan fingerprint density at radius 2 is 1.48 bits per heavy atom. The zero-order valence-corrected chi connectivity index (χ0v) is 13.2. The predicted octanol–water partition coefficient (Wildman–Crippen LogP) is 1.91. The summed E-state index contributed by atoms with van der Waals surface area (Å²) in [5.74, 6) is -2.18. The summed E-state index contributed by atoms with van der Waals surface area (Å²) < 4.78 is 4.89. The second-order valence-electron chi connectivity index (χ2n) is 5.33. The van der Waals surface area contributed by atoms with Crippen LogP contribution in [0.4, 0.5) is 0 Å². The number of hydrogen-bond acceptors (Lipinski definition) is 6. The van der Waals surface area contributed by atoms with Crippen LogP contribution in [0.2, 0.25) is 0 Å². The van der Waals surface area contributed by atoms with Crippen molar-refractivity contribution in [3.05, 3.63) is 65.2 Å². The van der Waals surface area contributed by atoms with Crippen molar-refractivity contribution in [3.8, 4) is 5.75 Å². The Bertz CT molecular complexity index is 836. The van der Waals surface area contributed by atoms with Gasteiger partial charge in [-0.2, -0.15) is 0 Å². The molecule has 2 amide bonds. The minimum Gasteiger partial charge on any atom is -0.427 e. The van der Waals surface area contributed by atoms with Crippen molar-refractivity contribution in [1.29, 1.82) is 0 Å². The van der Waals surface area contributed by atoms with Crippen LogP contribution in [0.1, 0.15) is 33.2 Å². The summed E-state index contributed by atoms with van der Waals surface area (Å²) >= 11 is 0. The highest BCUT2D eigenvalue weighted by Crippen LogP contribution is 2.23. The van der Waals surface area contributed by atoms with Crippen molar-refractivity contribution >= 4 is 23.8 Å². The van der Waals surface area contributed by atoms with Crippen LogP contribution in [0.15, 0.2) is 48.5 Å². The van der Waals surface area contributed by atoms with Gasteiger partial charge in [0.15, 0.2) is 0 Å². The van der Waals surface area contributed by atoms with E-state index in [4.69, 9.17) is 9.57 Å². The molecule has 2 aromatic carbocycles. The Labute approximate surface area is 142 Å². The van der Waals surface area contributed by atoms with E-state index in [2.05, 4.69) is 0 Å². The first kappa shape index (κ1) is 16.4. The highest BCUT2D eigenvalue weighted by molar-refractivity contribution is 6.20. The molecule has 0 fully saturated rings. The number of hydroxylamine groups is 2. The maximum absolute atomic E-state index is 12.1. The van der Waals surface area contributed by atoms with Gasteiger partial charge in [0, 0.05) is 6.92 Å². The summed E-state index contributed by atoms with van der Waals surface area (Å²) in [6, 6.07) is 12.5. The zero-order chi connectivity index (χ0) is 18.0. The first-order chi connectivity index (χ1) is 12.0. The number of amides is 2. The fourth-order valence-electron chi connectivity index (χ4n) is 2.39. The molecule has 126 valence electrons. The minimum absolute atomic E-state index is 0.145. The smallest absolute Gasteiger partial charge is 0.337 e. The monoisotopic (exact) mass is 339 g/mol. The van der Waals surface area contributed by atoms with Gasteiger partial charge in [-0.15, -0.1) is 0 Å². The number of imide groups is 1. The van der Waals surface area contributed by atoms with E-state index in [-0.39, 0.29) is 17.5 Å². The summed E-state index contributed by atoms with van der Waals surface area (Å²) in [6.45, 7) is 1.29. The van der Waals surface area contributed by atoms with Gasteiger partial charge in [-0.3, -0.25) is 14.4 Å². The fraction of sp³-hybridized carbons (Fsp3) is 0.111. The van der Waals surface area contributed by atoms with Crippen molar-refractivity contribution in [3.63, 3.8) is 0 Å². The van der Waals surface area contributed by atoms with E-state index >= 15 is 0 Å². The number of esters is 1. The molecule has 0 saturated heterocycles. The second-order valence-corrected chi connectivity index (χ2v) is 5.33. The molecule has 7 nitrogen and oxygen atoms in total. The van der Waals surface area contributed by atoms with E-state index in [0.29, 0.717) is 16.4 Å². The van der Waals surface area contributed by atoms with Crippen LogP contribution in [0.3, 0.4) is 0 Å². The molecule has 0 spiro atoms. The lowest BCUT2D eigenvalue weighted by atomic mass is 10.1. The number of fused-ring (bicyclic) bond motifs is 1. The number of carbonyl (C=O) groups is 4. The third-order valence-electron chi connectivity index (χ3n) is 3.48. The summed E-state index contributed by atoms with van der Waals surface area (Å²) in [7, 11) is 0. The summed E-state index contributed by atoms with van der Waals surface area (Å²) in [6.07, 6.45) is -0.145. The number of nitrogens with zero attached hydrogens (tertiary/aromatic N) is 1. The van der Waals surface area contributed by atoms with E-state index in [9.17, 15) is 19.2 Å². The van der Waals surface area contributed by atoms with E-state index in [1.165, 1.54) is 31.2 Å². The summed E-state index contributed by atoms with van der Waals surface area (Å²) in [4.78, 5) is 52.0. The molecule has 0 bridgehead atoms. The first-order valence-corrected chi connectivity index (χ1v) is 7.41. The molecule has 2 aromatic rings. The zero-order valence-electron chi connectivity index (χ0n) is 13.2. The Kier molecular flexibility index (Phi) is 4.30. The molecule has 0 unspecified atom stereocenters. The number of ether oxygens (including phenoxy) is 1. The summed E-state index contributed by atoms with van der Waals surface area (Å²) in [5, 5.41) is 0.472. The quantitative estimate of drug-likeness (QED) is 0.480. The molecule has 0 N–H and O–H groups in total. The van der Waals surface area contributed by atoms with Crippen LogP contribution in [0.25, 0.3) is 0 Å². The molecule has 3 rings (SSSR count). The second kappa shape index (κ2) is 6.56. The molecule has 1 heterocycles. The largest absolute Gasteiger partial charge is 0.427 e. The Hall–Kier alpha value is -3.48. The lowest BCUT2D eigenvalue weighted by Crippen LogP contribution is -2.33. The average Bonchev–Trinajstić information content (AvgIpc) is 2.82. The molecule has 0 radical (unpaired) electrons. The van der Waals surface area contributed by atoms with Crippen LogP contribution >= 0.6 is 0 Å². The fourth-order valence-corrected chi connectivity index (χ4v) is 2.39. The SMILES string of the molecule is CC(=O)Oc1ccc(CC(=O)ON2C(=O)c3ccccc3C2=O)cc1. The number of rotatable bonds is 4. The molecule has 0 aromatic heterocycles. The van der Waals surface area contributed by atoms with Crippen molar-refractivity contribution in [1.82, 2.24) is 5.06 Å². The Morgan fingerprint density at radius 1 is 0.920 bits per heavy atom. The summed E-state index contributed by atoms with van der Waals surface area (Å²) in [5.41, 5.74) is 0.981. The highest BCUT2D eigenvalue weighted by Gasteiger charge is 2.38. The topological polar surface area (TPSA) is 90.0 Å². The van der Waals surface area contributed by atoms with E-state index in [1.54, 1.807) is 24.3 Å². The Balaban J connectivity index is 1.65. The third-order valence-corrected chi connectivity index (χ3v) is 3.48. The first-order valence-electron chi connectivity index (χ1n) is 7.41. The van der Waals surface area contributed by atoms with Gasteiger partial charge in [-0.1, -0.05) is 29.3 Å². The van der Waals surface area contributed by atoms with Crippen molar-refractivity contribution < 1.29 is 28.8 Å². The average molecular weight is 339 g/mol. The molecule has 7 heteroatoms. The molecular weight excluding hydrogens is 326 g/mol. The standard InChI is InChI=1S/C18H13NO6/c1-11(20)24-13-8-6-12(7-9-13)10-16(21)25-19-17(22)14-4-2-3-5-15(14)18(19)23/h2-9H,10H2,1H3. The van der Waals surface area contributed by atoms with Crippen LogP contribution in [0.5, 0.6) is 5.75 Å². The lowest BCUT2D eigenvalue weighted by Gasteiger charge is -2.12. The number of carbonyl (C=O) groups excluding carboxylic acids is 4. The van der Waals surface area contributed by atoms with Crippen LogP contribution in [0, 0.1) is 0 Å². The molecule has 0 atom stereocenters. The van der Waals surface area contributed by atoms with Gasteiger partial charge in [-0.05, 0) is 29.8 Å². The van der Waals surface area contributed by atoms with E-state index in [1.807, 2.05) is 0 Å². The van der Waals surface area contributed by atoms with Crippen LogP contribution < -0.4 is 4.74 Å². The molecule has 0 aliphatic carbocycles. The van der Waals surface area contributed by atoms with Gasteiger partial charge in [0.25, 0.3) is 11.8 Å². The van der Waals surface area contributed by atoms with Crippen LogP contribution in [-0.4, -0.2) is 28.8 Å². The van der Waals surface area contributed by atoms with Crippen molar-refractivity contribution in [2.75, 3.05) is 0 Å². The van der Waals surface area contributed by atoms with E-state index in [0.717, 1.165) is 0 Å². The van der Waals surface area contributed by atoms with Crippen molar-refractivity contribution in [2.45, 2.75) is 13.3 Å². The molecule has 1 aliphatic heterocycles. The lowest BCUT2D eigenvalue weighted by molar-refractivity contribution is -0.167. The molecule has 1 aliphatic rings. The van der Waals surface area contributed by atoms with Gasteiger partial charge >= 0.3 is 11.9 Å². The van der Waals surface area contributed by atoms with Gasteiger partial charge < -0.3 is 9.57 Å². The predicted molar refractivity (Wildman–Crippen MR) is 84.5 cm³/mol. The third kappa shape index (κ3) is 3.40. The normalized spacial score (nSPS) is 12.8. The van der Waals surface area contributed by atoms with Crippen molar-refractivity contribution in [2.24, 2.45) is 0 Å². The van der Waals surface area contributed by atoms with Gasteiger partial charge in [0.1, 0.15) is 5.75 Å². The van der Waals surface area contributed by atoms with E-state index < -0.39 is 23.8 Å². The van der Waals surface area contributed by atoms with Gasteiger partial charge in [0.05, 0.1) is 17.5 Å². The number of hydrogen-bond donors (Lipinski definition) is 0. The molecular formula is C18H13NO6. The Morgan fingerprint density at radius 3 is 2.00 bits per heavy atom. The number of benzene rings is 2.